The molecule has 2 aromatic rings. The van der Waals surface area contributed by atoms with Gasteiger partial charge >= 0.3 is 12.0 Å². The Morgan fingerprint density at radius 3 is 2.62 bits per heavy atom. The largest absolute Gasteiger partial charge is 0.497 e. The van der Waals surface area contributed by atoms with Gasteiger partial charge in [-0.2, -0.15) is 0 Å². The van der Waals surface area contributed by atoms with E-state index >= 15 is 0 Å². The van der Waals surface area contributed by atoms with Crippen LogP contribution in [0.5, 0.6) is 5.75 Å². The van der Waals surface area contributed by atoms with Crippen LogP contribution in [-0.4, -0.2) is 48.8 Å². The molecule has 7 nitrogen and oxygen atoms in total. The molecule has 29 heavy (non-hydrogen) atoms. The molecular formula is C20H23ClFN3O4. The van der Waals surface area contributed by atoms with Crippen molar-refractivity contribution in [3.8, 4) is 5.75 Å². The second-order valence-electron chi connectivity index (χ2n) is 6.46. The number of benzene rings is 2. The average molecular weight is 424 g/mol. The Balaban J connectivity index is 0.00000300. The molecule has 0 aliphatic carbocycles. The summed E-state index contributed by atoms with van der Waals surface area (Å²) < 4.78 is 19.2. The number of amides is 2. The quantitative estimate of drug-likeness (QED) is 0.688. The first-order valence-corrected chi connectivity index (χ1v) is 8.90. The van der Waals surface area contributed by atoms with Crippen molar-refractivity contribution < 1.29 is 23.8 Å². The van der Waals surface area contributed by atoms with Crippen LogP contribution in [0.25, 0.3) is 0 Å². The normalized spacial score (nSPS) is 15.9. The number of nitrogens with zero attached hydrogens (tertiary/aromatic N) is 1. The summed E-state index contributed by atoms with van der Waals surface area (Å²) in [5.74, 6) is -1.12. The second kappa shape index (κ2) is 10.1. The Morgan fingerprint density at radius 1 is 1.28 bits per heavy atom. The number of carboxylic acid groups (broad SMARTS) is 1. The molecule has 1 saturated heterocycles. The van der Waals surface area contributed by atoms with Crippen LogP contribution in [0.1, 0.15) is 27.5 Å². The number of carbonyl (C=O) groups is 2. The standard InChI is InChI=1S/C20H22FN3O4.ClH/c1-28-16-6-4-13(5-7-16)18-12-22-8-9-24(18)20(27)23-11-15-3-2-14(19(25)26)10-17(15)21;/h2-7,10,18,22H,8-9,11-12H2,1H3,(H,23,27)(H,25,26);1H. The number of nitrogens with one attached hydrogen (secondary N) is 2. The molecule has 3 N–H and O–H groups in total. The average Bonchev–Trinajstić information content (AvgIpc) is 2.72. The summed E-state index contributed by atoms with van der Waals surface area (Å²) in [6.07, 6.45) is 0. The number of carbonyl (C=O) groups excluding carboxylic acids is 1. The molecule has 0 aromatic heterocycles. The molecule has 1 atom stereocenters. The predicted octanol–water partition coefficient (Wildman–Crippen LogP) is 2.81. The summed E-state index contributed by atoms with van der Waals surface area (Å²) in [4.78, 5) is 25.3. The van der Waals surface area contributed by atoms with E-state index in [9.17, 15) is 14.0 Å². The number of piperazine rings is 1. The lowest BCUT2D eigenvalue weighted by atomic mass is 10.0. The third kappa shape index (κ3) is 5.36. The van der Waals surface area contributed by atoms with Crippen molar-refractivity contribution in [2.24, 2.45) is 0 Å². The molecule has 156 valence electrons. The first kappa shape index (κ1) is 22.4. The van der Waals surface area contributed by atoms with E-state index in [0.29, 0.717) is 19.6 Å². The highest BCUT2D eigenvalue weighted by Crippen LogP contribution is 2.24. The SMILES string of the molecule is COc1ccc(C2CNCCN2C(=O)NCc2ccc(C(=O)O)cc2F)cc1.Cl. The van der Waals surface area contributed by atoms with Gasteiger partial charge in [-0.3, -0.25) is 0 Å². The number of urea groups is 1. The molecule has 1 unspecified atom stereocenters. The molecule has 9 heteroatoms. The minimum atomic E-state index is -1.20. The molecule has 1 aliphatic heterocycles. The van der Waals surface area contributed by atoms with Crippen LogP contribution in [0.4, 0.5) is 9.18 Å². The lowest BCUT2D eigenvalue weighted by molar-refractivity contribution is 0.0696. The highest BCUT2D eigenvalue weighted by Gasteiger charge is 2.28. The van der Waals surface area contributed by atoms with E-state index in [1.165, 1.54) is 12.1 Å². The molecule has 1 heterocycles. The van der Waals surface area contributed by atoms with Gasteiger partial charge in [0.15, 0.2) is 0 Å². The minimum absolute atomic E-state index is 0. The number of ether oxygens (including phenoxy) is 1. The number of hydrogen-bond acceptors (Lipinski definition) is 4. The summed E-state index contributed by atoms with van der Waals surface area (Å²) >= 11 is 0. The smallest absolute Gasteiger partial charge is 0.335 e. The van der Waals surface area contributed by atoms with Gasteiger partial charge < -0.3 is 25.4 Å². The third-order valence-corrected chi connectivity index (χ3v) is 4.73. The van der Waals surface area contributed by atoms with Crippen LogP contribution < -0.4 is 15.4 Å². The Kier molecular flexibility index (Phi) is 7.81. The van der Waals surface area contributed by atoms with E-state index in [0.717, 1.165) is 17.4 Å². The maximum absolute atomic E-state index is 14.1. The van der Waals surface area contributed by atoms with E-state index in [1.54, 1.807) is 12.0 Å². The fourth-order valence-electron chi connectivity index (χ4n) is 3.17. The van der Waals surface area contributed by atoms with Gasteiger partial charge in [-0.25, -0.2) is 14.0 Å². The van der Waals surface area contributed by atoms with E-state index in [2.05, 4.69) is 10.6 Å². The zero-order chi connectivity index (χ0) is 20.1. The molecule has 0 radical (unpaired) electrons. The maximum atomic E-state index is 14.1. The molecule has 1 fully saturated rings. The molecule has 0 bridgehead atoms. The Morgan fingerprint density at radius 2 is 2.00 bits per heavy atom. The fourth-order valence-corrected chi connectivity index (χ4v) is 3.17. The van der Waals surface area contributed by atoms with Gasteiger partial charge in [0, 0.05) is 31.7 Å². The summed E-state index contributed by atoms with van der Waals surface area (Å²) in [5.41, 5.74) is 1.07. The summed E-state index contributed by atoms with van der Waals surface area (Å²) in [5, 5.41) is 14.9. The second-order valence-corrected chi connectivity index (χ2v) is 6.46. The van der Waals surface area contributed by atoms with Crippen molar-refractivity contribution in [1.29, 1.82) is 0 Å². The molecule has 2 amide bonds. The highest BCUT2D eigenvalue weighted by atomic mass is 35.5. The van der Waals surface area contributed by atoms with E-state index in [-0.39, 0.29) is 42.2 Å². The molecule has 2 aromatic carbocycles. The molecule has 0 spiro atoms. The molecule has 3 rings (SSSR count). The molecule has 0 saturated carbocycles. The summed E-state index contributed by atoms with van der Waals surface area (Å²) in [7, 11) is 1.60. The third-order valence-electron chi connectivity index (χ3n) is 4.73. The lowest BCUT2D eigenvalue weighted by Gasteiger charge is -2.36. The van der Waals surface area contributed by atoms with E-state index in [4.69, 9.17) is 9.84 Å². The Labute approximate surface area is 174 Å². The van der Waals surface area contributed by atoms with Gasteiger partial charge in [0.05, 0.1) is 18.7 Å². The topological polar surface area (TPSA) is 90.9 Å². The van der Waals surface area contributed by atoms with Crippen molar-refractivity contribution in [3.63, 3.8) is 0 Å². The van der Waals surface area contributed by atoms with Gasteiger partial charge in [-0.15, -0.1) is 12.4 Å². The van der Waals surface area contributed by atoms with Gasteiger partial charge in [-0.1, -0.05) is 18.2 Å². The molecular weight excluding hydrogens is 401 g/mol. The lowest BCUT2D eigenvalue weighted by Crippen LogP contribution is -2.51. The van der Waals surface area contributed by atoms with Crippen LogP contribution >= 0.6 is 12.4 Å². The van der Waals surface area contributed by atoms with Crippen LogP contribution in [0, 0.1) is 5.82 Å². The number of methoxy groups -OCH3 is 1. The van der Waals surface area contributed by atoms with Gasteiger partial charge in [0.1, 0.15) is 11.6 Å². The minimum Gasteiger partial charge on any atom is -0.497 e. The number of hydrogen-bond donors (Lipinski definition) is 3. The Bertz CT molecular complexity index is 863. The van der Waals surface area contributed by atoms with Gasteiger partial charge in [0.2, 0.25) is 0 Å². The first-order chi connectivity index (χ1) is 13.5. The van der Waals surface area contributed by atoms with E-state index < -0.39 is 11.8 Å². The first-order valence-electron chi connectivity index (χ1n) is 8.90. The predicted molar refractivity (Wildman–Crippen MR) is 108 cm³/mol. The fraction of sp³-hybridized carbons (Fsp3) is 0.300. The maximum Gasteiger partial charge on any atom is 0.335 e. The highest BCUT2D eigenvalue weighted by molar-refractivity contribution is 5.87. The van der Waals surface area contributed by atoms with Crippen molar-refractivity contribution in [3.05, 3.63) is 65.0 Å². The van der Waals surface area contributed by atoms with Crippen molar-refractivity contribution in [2.75, 3.05) is 26.7 Å². The van der Waals surface area contributed by atoms with Gasteiger partial charge in [-0.05, 0) is 29.8 Å². The number of carboxylic acids is 1. The van der Waals surface area contributed by atoms with Crippen LogP contribution in [0.2, 0.25) is 0 Å². The molecule has 1 aliphatic rings. The van der Waals surface area contributed by atoms with E-state index in [1.807, 2.05) is 24.3 Å². The van der Waals surface area contributed by atoms with Crippen LogP contribution in [-0.2, 0) is 6.54 Å². The summed E-state index contributed by atoms with van der Waals surface area (Å²) in [6, 6.07) is 10.7. The Hall–Kier alpha value is -2.84. The summed E-state index contributed by atoms with van der Waals surface area (Å²) in [6.45, 7) is 1.77. The zero-order valence-electron chi connectivity index (χ0n) is 15.9. The van der Waals surface area contributed by atoms with Crippen molar-refractivity contribution in [2.45, 2.75) is 12.6 Å². The van der Waals surface area contributed by atoms with Gasteiger partial charge in [0.25, 0.3) is 0 Å². The number of aromatic carboxylic acids is 1. The monoisotopic (exact) mass is 423 g/mol. The van der Waals surface area contributed by atoms with Crippen LogP contribution in [0.3, 0.4) is 0 Å². The zero-order valence-corrected chi connectivity index (χ0v) is 16.7. The number of rotatable bonds is 5. The van der Waals surface area contributed by atoms with Crippen molar-refractivity contribution >= 4 is 24.4 Å². The van der Waals surface area contributed by atoms with Crippen LogP contribution in [0.15, 0.2) is 42.5 Å². The van der Waals surface area contributed by atoms with Crippen molar-refractivity contribution in [1.82, 2.24) is 15.5 Å². The number of halogens is 2.